The second-order valence-corrected chi connectivity index (χ2v) is 3.82. The highest BCUT2D eigenvalue weighted by molar-refractivity contribution is 5.45. The maximum atomic E-state index is 5.65. The molecule has 0 saturated carbocycles. The van der Waals surface area contributed by atoms with Crippen molar-refractivity contribution in [3.05, 3.63) is 29.8 Å². The summed E-state index contributed by atoms with van der Waals surface area (Å²) in [6.45, 7) is 4.46. The van der Waals surface area contributed by atoms with Crippen LogP contribution in [0.1, 0.15) is 25.3 Å². The normalized spacial score (nSPS) is 9.67. The van der Waals surface area contributed by atoms with E-state index in [1.165, 1.54) is 0 Å². The van der Waals surface area contributed by atoms with E-state index in [-0.39, 0.29) is 0 Å². The summed E-state index contributed by atoms with van der Waals surface area (Å²) in [6.07, 6.45) is 2.25. The number of hydrogen-bond acceptors (Lipinski definition) is 3. The Kier molecular flexibility index (Phi) is 7.70. The molecule has 0 aliphatic carbocycles. The third-order valence-corrected chi connectivity index (χ3v) is 2.34. The molecule has 1 aromatic rings. The highest BCUT2D eigenvalue weighted by atomic mass is 16.5. The zero-order chi connectivity index (χ0) is 13.1. The molecule has 0 bridgehead atoms. The molecule has 2 N–H and O–H groups in total. The number of benzene rings is 1. The molecule has 0 aromatic heterocycles. The third kappa shape index (κ3) is 5.72. The molecule has 0 spiro atoms. The molecule has 18 heavy (non-hydrogen) atoms. The van der Waals surface area contributed by atoms with E-state index in [1.54, 1.807) is 0 Å². The molecule has 3 heteroatoms. The van der Waals surface area contributed by atoms with Crippen molar-refractivity contribution in [1.29, 1.82) is 0 Å². The number of ether oxygens (including phenoxy) is 2. The van der Waals surface area contributed by atoms with Gasteiger partial charge in [0.2, 0.25) is 0 Å². The Morgan fingerprint density at radius 3 is 2.78 bits per heavy atom. The molecule has 0 aliphatic rings. The van der Waals surface area contributed by atoms with E-state index in [0.717, 1.165) is 30.8 Å². The Morgan fingerprint density at radius 2 is 2.00 bits per heavy atom. The lowest BCUT2D eigenvalue weighted by atomic mass is 10.2. The highest BCUT2D eigenvalue weighted by Gasteiger charge is 1.99. The van der Waals surface area contributed by atoms with Crippen LogP contribution in [0.2, 0.25) is 0 Å². The van der Waals surface area contributed by atoms with Gasteiger partial charge in [-0.3, -0.25) is 0 Å². The molecule has 0 saturated heterocycles. The molecule has 0 aliphatic heterocycles. The summed E-state index contributed by atoms with van der Waals surface area (Å²) in [5, 5.41) is 0. The Bertz CT molecular complexity index is 393. The van der Waals surface area contributed by atoms with E-state index < -0.39 is 0 Å². The molecule has 0 fully saturated rings. The monoisotopic (exact) mass is 247 g/mol. The second-order valence-electron chi connectivity index (χ2n) is 3.82. The lowest BCUT2D eigenvalue weighted by Gasteiger charge is -2.08. The van der Waals surface area contributed by atoms with Gasteiger partial charge in [-0.1, -0.05) is 37.3 Å². The largest absolute Gasteiger partial charge is 0.490 e. The summed E-state index contributed by atoms with van der Waals surface area (Å²) in [7, 11) is 0. The molecular weight excluding hydrogens is 226 g/mol. The van der Waals surface area contributed by atoms with Crippen LogP contribution in [0.3, 0.4) is 0 Å². The first-order chi connectivity index (χ1) is 8.88. The van der Waals surface area contributed by atoms with Crippen LogP contribution < -0.4 is 10.5 Å². The Morgan fingerprint density at radius 1 is 1.17 bits per heavy atom. The Hall–Kier alpha value is -1.50. The van der Waals surface area contributed by atoms with E-state index in [1.807, 2.05) is 24.3 Å². The van der Waals surface area contributed by atoms with Crippen LogP contribution in [-0.4, -0.2) is 26.4 Å². The summed E-state index contributed by atoms with van der Waals surface area (Å²) in [4.78, 5) is 0. The van der Waals surface area contributed by atoms with Crippen LogP contribution in [0.4, 0.5) is 0 Å². The summed E-state index contributed by atoms with van der Waals surface area (Å²) in [6, 6.07) is 7.70. The van der Waals surface area contributed by atoms with Crippen molar-refractivity contribution in [3.63, 3.8) is 0 Å². The molecule has 0 atom stereocenters. The van der Waals surface area contributed by atoms with Crippen LogP contribution in [0.5, 0.6) is 5.75 Å². The van der Waals surface area contributed by atoms with Crippen molar-refractivity contribution >= 4 is 0 Å². The van der Waals surface area contributed by atoms with Crippen LogP contribution in [0.25, 0.3) is 0 Å². The van der Waals surface area contributed by atoms with Crippen molar-refractivity contribution in [3.8, 4) is 17.6 Å². The van der Waals surface area contributed by atoms with Gasteiger partial charge in [-0.15, -0.1) is 0 Å². The topological polar surface area (TPSA) is 44.5 Å². The quantitative estimate of drug-likeness (QED) is 0.593. The Labute approximate surface area is 109 Å². The summed E-state index contributed by atoms with van der Waals surface area (Å²) in [5.74, 6) is 6.61. The van der Waals surface area contributed by atoms with Gasteiger partial charge >= 0.3 is 0 Å². The van der Waals surface area contributed by atoms with E-state index in [9.17, 15) is 0 Å². The molecule has 0 amide bonds. The van der Waals surface area contributed by atoms with Gasteiger partial charge in [0.05, 0.1) is 18.7 Å². The van der Waals surface area contributed by atoms with Crippen molar-refractivity contribution in [2.24, 2.45) is 5.73 Å². The summed E-state index contributed by atoms with van der Waals surface area (Å²) >= 11 is 0. The van der Waals surface area contributed by atoms with Crippen molar-refractivity contribution in [2.75, 3.05) is 26.4 Å². The Balaban J connectivity index is 2.37. The predicted molar refractivity (Wildman–Crippen MR) is 73.6 cm³/mol. The van der Waals surface area contributed by atoms with Crippen LogP contribution in [0.15, 0.2) is 24.3 Å². The average molecular weight is 247 g/mol. The fraction of sp³-hybridized carbons (Fsp3) is 0.467. The van der Waals surface area contributed by atoms with Crippen molar-refractivity contribution in [2.45, 2.75) is 19.8 Å². The summed E-state index contributed by atoms with van der Waals surface area (Å²) < 4.78 is 11.1. The van der Waals surface area contributed by atoms with Crippen molar-refractivity contribution in [1.82, 2.24) is 0 Å². The molecule has 0 heterocycles. The van der Waals surface area contributed by atoms with E-state index in [4.69, 9.17) is 15.2 Å². The molecule has 3 nitrogen and oxygen atoms in total. The zero-order valence-corrected chi connectivity index (χ0v) is 10.9. The van der Waals surface area contributed by atoms with Gasteiger partial charge in [-0.2, -0.15) is 0 Å². The minimum atomic E-state index is 0.356. The molecule has 98 valence electrons. The number of unbranched alkanes of at least 4 members (excludes halogenated alkanes) is 1. The third-order valence-electron chi connectivity index (χ3n) is 2.34. The van der Waals surface area contributed by atoms with Gasteiger partial charge in [0.15, 0.2) is 0 Å². The minimum absolute atomic E-state index is 0.356. The smallest absolute Gasteiger partial charge is 0.135 e. The molecule has 0 radical (unpaired) electrons. The summed E-state index contributed by atoms with van der Waals surface area (Å²) in [5.41, 5.74) is 6.23. The molecule has 0 unspecified atom stereocenters. The number of rotatable bonds is 7. The minimum Gasteiger partial charge on any atom is -0.490 e. The predicted octanol–water partition coefficient (Wildman–Crippen LogP) is 2.19. The zero-order valence-electron chi connectivity index (χ0n) is 10.9. The van der Waals surface area contributed by atoms with Crippen LogP contribution >= 0.6 is 0 Å². The number of para-hydroxylation sites is 1. The van der Waals surface area contributed by atoms with Gasteiger partial charge in [-0.25, -0.2) is 0 Å². The van der Waals surface area contributed by atoms with Gasteiger partial charge in [0, 0.05) is 6.61 Å². The first-order valence-corrected chi connectivity index (χ1v) is 6.37. The fourth-order valence-electron chi connectivity index (χ4n) is 1.40. The fourth-order valence-corrected chi connectivity index (χ4v) is 1.40. The van der Waals surface area contributed by atoms with E-state index >= 15 is 0 Å². The van der Waals surface area contributed by atoms with Gasteiger partial charge in [-0.05, 0) is 18.6 Å². The van der Waals surface area contributed by atoms with Crippen LogP contribution in [-0.2, 0) is 4.74 Å². The maximum Gasteiger partial charge on any atom is 0.135 e. The maximum absolute atomic E-state index is 5.65. The standard InChI is InChI=1S/C15H21NO2/c1-2-3-11-17-12-13-18-15-9-5-4-7-14(15)8-6-10-16/h4-5,7,9H,2-3,10-13,16H2,1H3. The molecular formula is C15H21NO2. The van der Waals surface area contributed by atoms with Gasteiger partial charge in [0.25, 0.3) is 0 Å². The second kappa shape index (κ2) is 9.52. The number of nitrogens with two attached hydrogens (primary N) is 1. The van der Waals surface area contributed by atoms with Gasteiger partial charge < -0.3 is 15.2 Å². The average Bonchev–Trinajstić information content (AvgIpc) is 2.41. The lowest BCUT2D eigenvalue weighted by molar-refractivity contribution is 0.0980. The van der Waals surface area contributed by atoms with E-state index in [2.05, 4.69) is 18.8 Å². The van der Waals surface area contributed by atoms with Crippen molar-refractivity contribution < 1.29 is 9.47 Å². The lowest BCUT2D eigenvalue weighted by Crippen LogP contribution is -2.08. The first-order valence-electron chi connectivity index (χ1n) is 6.37. The first kappa shape index (κ1) is 14.6. The molecule has 1 aromatic carbocycles. The van der Waals surface area contributed by atoms with E-state index in [0.29, 0.717) is 19.8 Å². The van der Waals surface area contributed by atoms with Crippen LogP contribution in [0, 0.1) is 11.8 Å². The molecule has 1 rings (SSSR count). The van der Waals surface area contributed by atoms with Gasteiger partial charge in [0.1, 0.15) is 12.4 Å². The highest BCUT2D eigenvalue weighted by Crippen LogP contribution is 2.16. The number of hydrogen-bond donors (Lipinski definition) is 1. The SMILES string of the molecule is CCCCOCCOc1ccccc1C#CCN.